The monoisotopic (exact) mass is 289 g/mol. The van der Waals surface area contributed by atoms with Crippen molar-refractivity contribution in [3.63, 3.8) is 0 Å². The maximum atomic E-state index is 11.9. The van der Waals surface area contributed by atoms with Gasteiger partial charge >= 0.3 is 12.0 Å². The Kier molecular flexibility index (Phi) is 5.46. The summed E-state index contributed by atoms with van der Waals surface area (Å²) >= 11 is 1.70. The molecule has 0 aromatic rings. The minimum atomic E-state index is -1.18. The number of carboxylic acids is 1. The number of nitrogens with two attached hydrogens (primary N) is 1. The van der Waals surface area contributed by atoms with Crippen molar-refractivity contribution in [1.82, 2.24) is 10.2 Å². The van der Waals surface area contributed by atoms with E-state index in [2.05, 4.69) is 5.32 Å². The molecule has 1 aliphatic rings. The number of amides is 3. The number of carbonyl (C=O) groups excluding carboxylic acids is 2. The third-order valence-corrected chi connectivity index (χ3v) is 4.64. The van der Waals surface area contributed by atoms with Crippen molar-refractivity contribution in [3.05, 3.63) is 0 Å². The standard InChI is InChI=1S/C11H19N3O4S/c1-19-11(3-2-4-11)7-13-10(18)14(5-8(12)15)6-9(16)17/h2-7H2,1H3,(H2,12,15)(H,13,18)(H,16,17). The molecule has 0 heterocycles. The van der Waals surface area contributed by atoms with Crippen LogP contribution in [-0.2, 0) is 9.59 Å². The first kappa shape index (κ1) is 15.6. The molecule has 108 valence electrons. The topological polar surface area (TPSA) is 113 Å². The van der Waals surface area contributed by atoms with Gasteiger partial charge in [-0.1, -0.05) is 6.42 Å². The summed E-state index contributed by atoms with van der Waals surface area (Å²) in [5.41, 5.74) is 4.99. The van der Waals surface area contributed by atoms with E-state index in [4.69, 9.17) is 10.8 Å². The molecule has 1 aliphatic carbocycles. The SMILES string of the molecule is CSC1(CNC(=O)N(CC(N)=O)CC(=O)O)CCC1. The maximum absolute atomic E-state index is 11.9. The van der Waals surface area contributed by atoms with Crippen molar-refractivity contribution in [1.29, 1.82) is 0 Å². The number of carboxylic acid groups (broad SMARTS) is 1. The molecule has 19 heavy (non-hydrogen) atoms. The fourth-order valence-electron chi connectivity index (χ4n) is 1.92. The Morgan fingerprint density at radius 2 is 2.00 bits per heavy atom. The van der Waals surface area contributed by atoms with Gasteiger partial charge in [-0.2, -0.15) is 11.8 Å². The number of thioether (sulfide) groups is 1. The van der Waals surface area contributed by atoms with Crippen LogP contribution in [0.1, 0.15) is 19.3 Å². The molecule has 0 aromatic carbocycles. The first-order valence-corrected chi connectivity index (χ1v) is 7.19. The highest BCUT2D eigenvalue weighted by Crippen LogP contribution is 2.42. The highest BCUT2D eigenvalue weighted by atomic mass is 32.2. The van der Waals surface area contributed by atoms with Gasteiger partial charge in [0, 0.05) is 11.3 Å². The summed E-state index contributed by atoms with van der Waals surface area (Å²) in [7, 11) is 0. The number of carbonyl (C=O) groups is 3. The zero-order valence-electron chi connectivity index (χ0n) is 10.8. The molecule has 7 nitrogen and oxygen atoms in total. The molecule has 0 radical (unpaired) electrons. The molecule has 0 unspecified atom stereocenters. The summed E-state index contributed by atoms with van der Waals surface area (Å²) < 4.78 is 0.0529. The predicted octanol–water partition coefficient (Wildman–Crippen LogP) is -0.146. The number of hydrogen-bond acceptors (Lipinski definition) is 4. The first-order valence-electron chi connectivity index (χ1n) is 5.96. The lowest BCUT2D eigenvalue weighted by atomic mass is 9.84. The van der Waals surface area contributed by atoms with Gasteiger partial charge in [-0.15, -0.1) is 0 Å². The molecule has 4 N–H and O–H groups in total. The van der Waals surface area contributed by atoms with E-state index in [1.807, 2.05) is 6.26 Å². The number of rotatable bonds is 7. The summed E-state index contributed by atoms with van der Waals surface area (Å²) in [6.07, 6.45) is 5.19. The van der Waals surface area contributed by atoms with Gasteiger partial charge in [0.1, 0.15) is 13.1 Å². The Bertz CT molecular complexity index is 349. The van der Waals surface area contributed by atoms with Crippen LogP contribution in [-0.4, -0.2) is 58.6 Å². The molecule has 8 heteroatoms. The molecule has 1 saturated carbocycles. The van der Waals surface area contributed by atoms with Crippen LogP contribution in [0.4, 0.5) is 4.79 Å². The average Bonchev–Trinajstić information content (AvgIpc) is 2.25. The summed E-state index contributed by atoms with van der Waals surface area (Å²) in [5.74, 6) is -1.92. The van der Waals surface area contributed by atoms with Gasteiger partial charge in [0.05, 0.1) is 0 Å². The Hall–Kier alpha value is -1.44. The van der Waals surface area contributed by atoms with Crippen LogP contribution >= 0.6 is 11.8 Å². The lowest BCUT2D eigenvalue weighted by molar-refractivity contribution is -0.137. The van der Waals surface area contributed by atoms with Crippen molar-refractivity contribution in [3.8, 4) is 0 Å². The van der Waals surface area contributed by atoms with Gasteiger partial charge in [0.2, 0.25) is 5.91 Å². The van der Waals surface area contributed by atoms with Crippen LogP contribution in [0.25, 0.3) is 0 Å². The normalized spacial score (nSPS) is 16.3. The Balaban J connectivity index is 2.51. The fraction of sp³-hybridized carbons (Fsp3) is 0.727. The molecule has 3 amide bonds. The summed E-state index contributed by atoms with van der Waals surface area (Å²) in [6, 6.07) is -0.568. The summed E-state index contributed by atoms with van der Waals surface area (Å²) in [5, 5.41) is 11.4. The van der Waals surface area contributed by atoms with Crippen molar-refractivity contribution in [2.45, 2.75) is 24.0 Å². The third-order valence-electron chi connectivity index (χ3n) is 3.22. The van der Waals surface area contributed by atoms with Crippen LogP contribution in [0.15, 0.2) is 0 Å². The van der Waals surface area contributed by atoms with Crippen LogP contribution < -0.4 is 11.1 Å². The zero-order chi connectivity index (χ0) is 14.5. The molecular weight excluding hydrogens is 270 g/mol. The van der Waals surface area contributed by atoms with E-state index in [1.165, 1.54) is 0 Å². The smallest absolute Gasteiger partial charge is 0.323 e. The maximum Gasteiger partial charge on any atom is 0.323 e. The van der Waals surface area contributed by atoms with E-state index in [-0.39, 0.29) is 4.75 Å². The zero-order valence-corrected chi connectivity index (χ0v) is 11.7. The molecule has 0 atom stereocenters. The van der Waals surface area contributed by atoms with Gasteiger partial charge < -0.3 is 21.1 Å². The van der Waals surface area contributed by atoms with E-state index >= 15 is 0 Å². The molecule has 1 fully saturated rings. The van der Waals surface area contributed by atoms with Gasteiger partial charge in [0.15, 0.2) is 0 Å². The van der Waals surface area contributed by atoms with Crippen molar-refractivity contribution in [2.24, 2.45) is 5.73 Å². The highest BCUT2D eigenvalue weighted by molar-refractivity contribution is 8.00. The van der Waals surface area contributed by atoms with Gasteiger partial charge in [-0.25, -0.2) is 4.79 Å². The highest BCUT2D eigenvalue weighted by Gasteiger charge is 2.36. The lowest BCUT2D eigenvalue weighted by Crippen LogP contribution is -2.51. The number of urea groups is 1. The molecule has 0 aliphatic heterocycles. The number of nitrogens with one attached hydrogen (secondary N) is 1. The average molecular weight is 289 g/mol. The second-order valence-electron chi connectivity index (χ2n) is 4.62. The largest absolute Gasteiger partial charge is 0.480 e. The second-order valence-corrected chi connectivity index (χ2v) is 5.89. The van der Waals surface area contributed by atoms with Crippen LogP contribution in [0.3, 0.4) is 0 Å². The quantitative estimate of drug-likeness (QED) is 0.603. The minimum absolute atomic E-state index is 0.0529. The molecule has 0 spiro atoms. The van der Waals surface area contributed by atoms with Crippen molar-refractivity contribution >= 4 is 29.7 Å². The van der Waals surface area contributed by atoms with Crippen LogP contribution in [0.5, 0.6) is 0 Å². The number of nitrogens with zero attached hydrogens (tertiary/aromatic N) is 1. The van der Waals surface area contributed by atoms with Gasteiger partial charge in [-0.3, -0.25) is 9.59 Å². The predicted molar refractivity (Wildman–Crippen MR) is 71.9 cm³/mol. The van der Waals surface area contributed by atoms with E-state index in [1.54, 1.807) is 11.8 Å². The summed E-state index contributed by atoms with van der Waals surface area (Å²) in [4.78, 5) is 34.2. The summed E-state index contributed by atoms with van der Waals surface area (Å²) in [6.45, 7) is -0.465. The minimum Gasteiger partial charge on any atom is -0.480 e. The third kappa shape index (κ3) is 4.62. The van der Waals surface area contributed by atoms with Crippen molar-refractivity contribution in [2.75, 3.05) is 25.9 Å². The Labute approximate surface area is 115 Å². The van der Waals surface area contributed by atoms with E-state index in [0.29, 0.717) is 6.54 Å². The molecule has 0 bridgehead atoms. The molecule has 0 saturated heterocycles. The molecule has 1 rings (SSSR count). The van der Waals surface area contributed by atoms with E-state index in [0.717, 1.165) is 24.2 Å². The number of aliphatic carboxylic acids is 1. The second kappa shape index (κ2) is 6.65. The van der Waals surface area contributed by atoms with Crippen molar-refractivity contribution < 1.29 is 19.5 Å². The first-order chi connectivity index (χ1) is 8.88. The number of primary amides is 1. The lowest BCUT2D eigenvalue weighted by Gasteiger charge is -2.40. The van der Waals surface area contributed by atoms with E-state index < -0.39 is 31.0 Å². The van der Waals surface area contributed by atoms with E-state index in [9.17, 15) is 14.4 Å². The van der Waals surface area contributed by atoms with Crippen LogP contribution in [0, 0.1) is 0 Å². The molecule has 0 aromatic heterocycles. The van der Waals surface area contributed by atoms with Gasteiger partial charge in [-0.05, 0) is 19.1 Å². The number of hydrogen-bond donors (Lipinski definition) is 3. The molecular formula is C11H19N3O4S. The Morgan fingerprint density at radius 1 is 1.37 bits per heavy atom. The van der Waals surface area contributed by atoms with Crippen LogP contribution in [0.2, 0.25) is 0 Å². The Morgan fingerprint density at radius 3 is 2.37 bits per heavy atom. The van der Waals surface area contributed by atoms with Gasteiger partial charge in [0.25, 0.3) is 0 Å². The fourth-order valence-corrected chi connectivity index (χ4v) is 2.84.